The zero-order chi connectivity index (χ0) is 49.1. The van der Waals surface area contributed by atoms with Crippen molar-refractivity contribution in [3.05, 3.63) is 135 Å². The molecule has 6 rings (SSSR count). The molecule has 0 bridgehead atoms. The highest BCUT2D eigenvalue weighted by molar-refractivity contribution is 7.98. The first-order chi connectivity index (χ1) is 30.5. The van der Waals surface area contributed by atoms with Gasteiger partial charge in [-0.1, -0.05) is 54.6 Å². The number of ether oxygens (including phenoxy) is 1. The number of hydrogen-bond donors (Lipinski definition) is 0. The number of rotatable bonds is 12. The van der Waals surface area contributed by atoms with Crippen molar-refractivity contribution in [2.24, 2.45) is 0 Å². The van der Waals surface area contributed by atoms with Crippen LogP contribution in [0.25, 0.3) is 22.0 Å². The largest absolute Gasteiger partial charge is 0.416 e. The molecular weight excluding hydrogens is 710 g/mol. The average molecular weight is 763 g/mol. The Bertz CT molecular complexity index is 2710. The van der Waals surface area contributed by atoms with Crippen LogP contribution in [0.1, 0.15) is 52.9 Å². The highest BCUT2D eigenvalue weighted by Crippen LogP contribution is 2.32. The standard InChI is InChI=1S/C41H40F5N3O3S/c1-27-6-15-34-36(22-27)49(39(23-37(34)50)53-26-31-4-3-5-35(42)40(31)43)25-38(51)48(33-16-18-47(19-17-33)20-21-52-2)24-28-7-9-29(10-8-28)30-11-13-32(14-12-30)41(44,45)46/h3-15,22-23,33H,16-21,24-26H2,1-2H3/i2D3,6D,15D,20D2,22D,23D,25D2,26D2. The molecule has 0 saturated carbocycles. The zero-order valence-corrected chi connectivity index (χ0v) is 28.9. The van der Waals surface area contributed by atoms with Crippen molar-refractivity contribution in [2.75, 3.05) is 33.2 Å². The van der Waals surface area contributed by atoms with Crippen LogP contribution in [0.2, 0.25) is 0 Å². The Morgan fingerprint density at radius 1 is 1.02 bits per heavy atom. The van der Waals surface area contributed by atoms with Gasteiger partial charge in [0.1, 0.15) is 6.50 Å². The van der Waals surface area contributed by atoms with Gasteiger partial charge in [-0.25, -0.2) is 8.78 Å². The van der Waals surface area contributed by atoms with Gasteiger partial charge in [-0.15, -0.1) is 11.8 Å². The molecule has 0 spiro atoms. The van der Waals surface area contributed by atoms with Crippen LogP contribution < -0.4 is 5.43 Å². The summed E-state index contributed by atoms with van der Waals surface area (Å²) >= 11 is -0.127. The van der Waals surface area contributed by atoms with Crippen molar-refractivity contribution in [3.63, 3.8) is 0 Å². The lowest BCUT2D eigenvalue weighted by Gasteiger charge is -2.39. The van der Waals surface area contributed by atoms with Crippen molar-refractivity contribution < 1.29 is 49.3 Å². The van der Waals surface area contributed by atoms with E-state index in [1.807, 2.05) is 0 Å². The highest BCUT2D eigenvalue weighted by atomic mass is 32.2. The Kier molecular flexibility index (Phi) is 7.77. The summed E-state index contributed by atoms with van der Waals surface area (Å²) in [6, 6.07) is 8.73. The number of alkyl halides is 3. The number of carbonyl (C=O) groups is 1. The maximum Gasteiger partial charge on any atom is 0.416 e. The fourth-order valence-electron chi connectivity index (χ4n) is 5.84. The van der Waals surface area contributed by atoms with Crippen LogP contribution in [0, 0.1) is 18.6 Å². The van der Waals surface area contributed by atoms with E-state index in [-0.39, 0.29) is 43.3 Å². The van der Waals surface area contributed by atoms with Crippen LogP contribution in [0.5, 0.6) is 0 Å². The zero-order valence-electron chi connectivity index (χ0n) is 41.0. The van der Waals surface area contributed by atoms with Crippen LogP contribution in [0.4, 0.5) is 22.0 Å². The van der Waals surface area contributed by atoms with E-state index in [9.17, 15) is 25.1 Å². The third-order valence-corrected chi connectivity index (χ3v) is 9.39. The Balaban J connectivity index is 1.49. The molecule has 1 amide bonds. The molecule has 1 fully saturated rings. The van der Waals surface area contributed by atoms with E-state index in [1.165, 1.54) is 36.1 Å². The van der Waals surface area contributed by atoms with Crippen molar-refractivity contribution in [2.45, 2.75) is 55.8 Å². The lowest BCUT2D eigenvalue weighted by Crippen LogP contribution is -2.48. The molecule has 0 N–H and O–H groups in total. The minimum Gasteiger partial charge on any atom is -0.383 e. The van der Waals surface area contributed by atoms with E-state index >= 15 is 9.18 Å². The molecule has 0 aliphatic carbocycles. The molecule has 0 radical (unpaired) electrons. The molecule has 53 heavy (non-hydrogen) atoms. The first kappa shape index (κ1) is 24.7. The first-order valence-electron chi connectivity index (χ1n) is 22.7. The Labute approximate surface area is 327 Å². The average Bonchev–Trinajstić information content (AvgIpc) is 3.25. The number of carbonyl (C=O) groups excluding carboxylic acids is 1. The third-order valence-electron chi connectivity index (χ3n) is 8.59. The summed E-state index contributed by atoms with van der Waals surface area (Å²) in [4.78, 5) is 31.5. The molecule has 6 nitrogen and oxygen atoms in total. The summed E-state index contributed by atoms with van der Waals surface area (Å²) in [7, 11) is -2.91. The van der Waals surface area contributed by atoms with Gasteiger partial charge in [0.05, 0.1) is 35.0 Å². The van der Waals surface area contributed by atoms with Gasteiger partial charge in [0.2, 0.25) is 5.91 Å². The molecule has 1 aliphatic heterocycles. The van der Waals surface area contributed by atoms with Gasteiger partial charge in [0.25, 0.3) is 0 Å². The van der Waals surface area contributed by atoms with Crippen LogP contribution in [0.3, 0.4) is 0 Å². The highest BCUT2D eigenvalue weighted by Gasteiger charge is 2.31. The molecule has 5 aromatic rings. The minimum atomic E-state index is -4.57. The fourth-order valence-corrected chi connectivity index (χ4v) is 6.57. The summed E-state index contributed by atoms with van der Waals surface area (Å²) in [6.45, 7) is -6.11. The van der Waals surface area contributed by atoms with E-state index in [0.29, 0.717) is 27.3 Å². The van der Waals surface area contributed by atoms with Crippen LogP contribution in [0.15, 0.2) is 101 Å². The Hall–Kier alpha value is -4.52. The maximum atomic E-state index is 15.2. The van der Waals surface area contributed by atoms with Gasteiger partial charge in [-0.3, -0.25) is 9.59 Å². The number of pyridine rings is 1. The van der Waals surface area contributed by atoms with Crippen LogP contribution in [-0.2, 0) is 34.5 Å². The molecule has 0 atom stereocenters. The number of fused-ring (bicyclic) bond motifs is 1. The molecular formula is C41H40F5N3O3S. The van der Waals surface area contributed by atoms with E-state index < -0.39 is 125 Å². The van der Waals surface area contributed by atoms with Gasteiger partial charge in [0, 0.05) is 67.4 Å². The topological polar surface area (TPSA) is 54.8 Å². The van der Waals surface area contributed by atoms with Gasteiger partial charge in [0.15, 0.2) is 17.1 Å². The number of piperidine rings is 1. The van der Waals surface area contributed by atoms with E-state index in [1.54, 1.807) is 12.1 Å². The van der Waals surface area contributed by atoms with Crippen molar-refractivity contribution in [3.8, 4) is 11.1 Å². The second-order valence-electron chi connectivity index (χ2n) is 12.1. The first-order valence-corrected chi connectivity index (χ1v) is 17.1. The van der Waals surface area contributed by atoms with Crippen LogP contribution >= 0.6 is 11.8 Å². The van der Waals surface area contributed by atoms with Gasteiger partial charge in [-0.05, 0) is 72.3 Å². The second-order valence-corrected chi connectivity index (χ2v) is 12.9. The Morgan fingerprint density at radius 3 is 2.40 bits per heavy atom. The quantitative estimate of drug-likeness (QED) is 0.0941. The number of benzene rings is 4. The smallest absolute Gasteiger partial charge is 0.383 e. The summed E-state index contributed by atoms with van der Waals surface area (Å²) in [5.41, 5.74) is -6.02. The molecule has 0 unspecified atom stereocenters. The van der Waals surface area contributed by atoms with Crippen molar-refractivity contribution in [1.82, 2.24) is 14.4 Å². The van der Waals surface area contributed by atoms with Crippen LogP contribution in [-0.4, -0.2) is 59.5 Å². The number of likely N-dealkylation sites (tertiary alicyclic amines) is 1. The minimum absolute atomic E-state index is 0.0573. The lowest BCUT2D eigenvalue weighted by atomic mass is 10.00. The summed E-state index contributed by atoms with van der Waals surface area (Å²) in [5, 5.41) is -1.78. The van der Waals surface area contributed by atoms with E-state index in [4.69, 9.17) is 19.8 Å². The monoisotopic (exact) mass is 762 g/mol. The summed E-state index contributed by atoms with van der Waals surface area (Å²) in [5.74, 6) is -4.51. The molecule has 1 saturated heterocycles. The van der Waals surface area contributed by atoms with Gasteiger partial charge in [-0.2, -0.15) is 13.2 Å². The predicted molar refractivity (Wildman–Crippen MR) is 198 cm³/mol. The summed E-state index contributed by atoms with van der Waals surface area (Å²) < 4.78 is 185. The van der Waals surface area contributed by atoms with Crippen molar-refractivity contribution >= 4 is 28.6 Å². The molecule has 1 aromatic heterocycles. The number of methoxy groups -OCH3 is 1. The maximum absolute atomic E-state index is 15.2. The lowest BCUT2D eigenvalue weighted by molar-refractivity contribution is -0.137. The van der Waals surface area contributed by atoms with E-state index in [2.05, 4.69) is 0 Å². The molecule has 12 heteroatoms. The van der Waals surface area contributed by atoms with Crippen molar-refractivity contribution in [1.29, 1.82) is 0 Å². The number of halogens is 5. The number of aromatic nitrogens is 1. The molecule has 278 valence electrons. The molecule has 2 heterocycles. The number of hydrogen-bond acceptors (Lipinski definition) is 5. The molecule has 1 aliphatic rings. The number of nitrogens with zero attached hydrogens (tertiary/aromatic N) is 3. The second kappa shape index (κ2) is 16.7. The SMILES string of the molecule is [2H]c1c(C)c([2H])c2c(c1[2H])c(=O)c([2H])c(SC([2H])([2H])c1cccc(F)c1F)n2C([2H])([2H])C(=O)N(Cc1ccc(-c2ccc(C(F)(F)F)cc2)cc1)C1CCN(C([2H])([2H])COC([2H])([2H])[2H])CC1. The summed E-state index contributed by atoms with van der Waals surface area (Å²) in [6.07, 6.45) is -4.69. The number of thioether (sulfide) groups is 1. The normalized spacial score (nSPS) is 18.8. The third kappa shape index (κ3) is 9.17. The number of amides is 1. The van der Waals surface area contributed by atoms with Gasteiger partial charge >= 0.3 is 6.18 Å². The Morgan fingerprint density at radius 2 is 1.72 bits per heavy atom. The van der Waals surface area contributed by atoms with E-state index in [0.717, 1.165) is 29.2 Å². The fraction of sp³-hybridized carbons (Fsp3) is 0.317. The molecule has 4 aromatic carbocycles. The van der Waals surface area contributed by atoms with Gasteiger partial charge < -0.3 is 19.1 Å². The predicted octanol–water partition coefficient (Wildman–Crippen LogP) is 8.71.